The molecule has 1 atom stereocenters. The van der Waals surface area contributed by atoms with Gasteiger partial charge in [0.2, 0.25) is 11.8 Å². The normalized spacial score (nSPS) is 15.2. The molecule has 2 N–H and O–H groups in total. The number of anilines is 2. The van der Waals surface area contributed by atoms with E-state index in [2.05, 4.69) is 37.8 Å². The fourth-order valence-electron chi connectivity index (χ4n) is 4.51. The standard InChI is InChI=1S/C27H29N7O3/c1-37-22-9-5-8-21(15-22)33-17-20(14-24(33)35)27(36)29-12-13-34-26-23(16-32-34)25(30-18-31-26)28-11-10-19-6-3-2-4-7-19/h2-9,15-16,18,20H,10-14,17H2,1H3,(H,29,36)(H,28,30,31). The van der Waals surface area contributed by atoms with Crippen molar-refractivity contribution in [3.8, 4) is 5.75 Å². The van der Waals surface area contributed by atoms with Crippen molar-refractivity contribution in [1.82, 2.24) is 25.1 Å². The quantitative estimate of drug-likeness (QED) is 0.345. The molecule has 0 spiro atoms. The molecule has 4 aromatic rings. The van der Waals surface area contributed by atoms with Crippen molar-refractivity contribution >= 4 is 34.4 Å². The van der Waals surface area contributed by atoms with Gasteiger partial charge in [-0.2, -0.15) is 5.10 Å². The summed E-state index contributed by atoms with van der Waals surface area (Å²) in [7, 11) is 1.58. The van der Waals surface area contributed by atoms with Crippen molar-refractivity contribution in [3.05, 3.63) is 72.7 Å². The molecule has 1 saturated heterocycles. The second-order valence-electron chi connectivity index (χ2n) is 8.89. The first-order valence-electron chi connectivity index (χ1n) is 12.3. The monoisotopic (exact) mass is 499 g/mol. The van der Waals surface area contributed by atoms with E-state index in [1.807, 2.05) is 36.4 Å². The zero-order valence-corrected chi connectivity index (χ0v) is 20.6. The largest absolute Gasteiger partial charge is 0.497 e. The number of hydrogen-bond acceptors (Lipinski definition) is 7. The predicted octanol–water partition coefficient (Wildman–Crippen LogP) is 2.66. The SMILES string of the molecule is COc1cccc(N2CC(C(=O)NCCn3ncc4c(NCCc5ccccc5)ncnc43)CC2=O)c1. The summed E-state index contributed by atoms with van der Waals surface area (Å²) in [5.74, 6) is 0.778. The summed E-state index contributed by atoms with van der Waals surface area (Å²) in [6.45, 7) is 1.91. The summed E-state index contributed by atoms with van der Waals surface area (Å²) in [6.07, 6.45) is 4.31. The molecule has 2 amide bonds. The first-order valence-corrected chi connectivity index (χ1v) is 12.3. The number of hydrogen-bond donors (Lipinski definition) is 2. The predicted molar refractivity (Wildman–Crippen MR) is 140 cm³/mol. The van der Waals surface area contributed by atoms with Gasteiger partial charge in [-0.25, -0.2) is 14.6 Å². The van der Waals surface area contributed by atoms with Crippen LogP contribution in [0.4, 0.5) is 11.5 Å². The van der Waals surface area contributed by atoms with E-state index >= 15 is 0 Å². The van der Waals surface area contributed by atoms with Crippen molar-refractivity contribution in [2.24, 2.45) is 5.92 Å². The number of methoxy groups -OCH3 is 1. The van der Waals surface area contributed by atoms with Crippen molar-refractivity contribution in [2.75, 3.05) is 37.0 Å². The first kappa shape index (κ1) is 24.2. The molecule has 0 saturated carbocycles. The van der Waals surface area contributed by atoms with Crippen LogP contribution in [0.25, 0.3) is 11.0 Å². The van der Waals surface area contributed by atoms with Gasteiger partial charge in [0.25, 0.3) is 0 Å². The maximum Gasteiger partial charge on any atom is 0.227 e. The number of rotatable bonds is 10. The molecule has 10 nitrogen and oxygen atoms in total. The lowest BCUT2D eigenvalue weighted by Gasteiger charge is -2.17. The molecule has 37 heavy (non-hydrogen) atoms. The minimum absolute atomic E-state index is 0.0736. The molecule has 2 aromatic carbocycles. The number of carbonyl (C=O) groups is 2. The second kappa shape index (κ2) is 11.1. The molecular weight excluding hydrogens is 470 g/mol. The van der Waals surface area contributed by atoms with Crippen molar-refractivity contribution in [3.63, 3.8) is 0 Å². The number of amides is 2. The molecule has 0 radical (unpaired) electrons. The Kier molecular flexibility index (Phi) is 7.25. The lowest BCUT2D eigenvalue weighted by atomic mass is 10.1. The second-order valence-corrected chi connectivity index (χ2v) is 8.89. The van der Waals surface area contributed by atoms with E-state index in [1.165, 1.54) is 11.9 Å². The van der Waals surface area contributed by atoms with Crippen LogP contribution < -0.4 is 20.3 Å². The van der Waals surface area contributed by atoms with E-state index in [1.54, 1.807) is 29.0 Å². The Balaban J connectivity index is 1.14. The molecule has 2 aromatic heterocycles. The summed E-state index contributed by atoms with van der Waals surface area (Å²) in [5.41, 5.74) is 2.68. The molecule has 1 aliphatic rings. The number of nitrogens with zero attached hydrogens (tertiary/aromatic N) is 5. The third-order valence-corrected chi connectivity index (χ3v) is 6.47. The Morgan fingerprint density at radius 2 is 1.97 bits per heavy atom. The van der Waals surface area contributed by atoms with E-state index in [0.29, 0.717) is 31.0 Å². The van der Waals surface area contributed by atoms with E-state index in [9.17, 15) is 9.59 Å². The average Bonchev–Trinajstić information content (AvgIpc) is 3.53. The van der Waals surface area contributed by atoms with Crippen LogP contribution in [0.15, 0.2) is 67.1 Å². The third-order valence-electron chi connectivity index (χ3n) is 6.47. The lowest BCUT2D eigenvalue weighted by Crippen LogP contribution is -2.35. The highest BCUT2D eigenvalue weighted by Gasteiger charge is 2.35. The summed E-state index contributed by atoms with van der Waals surface area (Å²) >= 11 is 0. The van der Waals surface area contributed by atoms with E-state index in [4.69, 9.17) is 4.74 Å². The van der Waals surface area contributed by atoms with Gasteiger partial charge in [-0.15, -0.1) is 0 Å². The molecular formula is C27H29N7O3. The summed E-state index contributed by atoms with van der Waals surface area (Å²) in [6, 6.07) is 17.6. The minimum atomic E-state index is -0.407. The third kappa shape index (κ3) is 5.53. The molecule has 190 valence electrons. The molecule has 3 heterocycles. The fourth-order valence-corrected chi connectivity index (χ4v) is 4.51. The number of benzene rings is 2. The molecule has 1 aliphatic heterocycles. The van der Waals surface area contributed by atoms with Gasteiger partial charge in [-0.1, -0.05) is 36.4 Å². The van der Waals surface area contributed by atoms with Crippen molar-refractivity contribution in [2.45, 2.75) is 19.4 Å². The zero-order chi connectivity index (χ0) is 25.6. The van der Waals surface area contributed by atoms with Crippen LogP contribution in [-0.2, 0) is 22.6 Å². The Hall–Kier alpha value is -4.47. The minimum Gasteiger partial charge on any atom is -0.497 e. The van der Waals surface area contributed by atoms with Gasteiger partial charge in [-0.05, 0) is 24.1 Å². The van der Waals surface area contributed by atoms with Crippen LogP contribution >= 0.6 is 0 Å². The van der Waals surface area contributed by atoms with E-state index in [0.717, 1.165) is 29.9 Å². The lowest BCUT2D eigenvalue weighted by molar-refractivity contribution is -0.126. The Morgan fingerprint density at radius 1 is 1.11 bits per heavy atom. The van der Waals surface area contributed by atoms with Crippen LogP contribution in [0, 0.1) is 5.92 Å². The van der Waals surface area contributed by atoms with Crippen LogP contribution in [0.1, 0.15) is 12.0 Å². The number of carbonyl (C=O) groups excluding carboxylic acids is 2. The summed E-state index contributed by atoms with van der Waals surface area (Å²) in [5, 5.41) is 11.6. The topological polar surface area (TPSA) is 114 Å². The molecule has 0 bridgehead atoms. The van der Waals surface area contributed by atoms with Gasteiger partial charge in [0.1, 0.15) is 17.9 Å². The summed E-state index contributed by atoms with van der Waals surface area (Å²) in [4.78, 5) is 35.7. The van der Waals surface area contributed by atoms with Gasteiger partial charge in [0, 0.05) is 37.8 Å². The van der Waals surface area contributed by atoms with Crippen LogP contribution in [0.5, 0.6) is 5.75 Å². The van der Waals surface area contributed by atoms with Gasteiger partial charge in [0.05, 0.1) is 31.2 Å². The number of aromatic nitrogens is 4. The number of fused-ring (bicyclic) bond motifs is 1. The van der Waals surface area contributed by atoms with Crippen molar-refractivity contribution in [1.29, 1.82) is 0 Å². The maximum atomic E-state index is 12.8. The Morgan fingerprint density at radius 3 is 2.81 bits per heavy atom. The van der Waals surface area contributed by atoms with Crippen LogP contribution in [0.3, 0.4) is 0 Å². The molecule has 5 rings (SSSR count). The Labute approximate surface area is 214 Å². The fraction of sp³-hybridized carbons (Fsp3) is 0.296. The van der Waals surface area contributed by atoms with Crippen LogP contribution in [0.2, 0.25) is 0 Å². The van der Waals surface area contributed by atoms with Gasteiger partial charge in [-0.3, -0.25) is 9.59 Å². The highest BCUT2D eigenvalue weighted by atomic mass is 16.5. The van der Waals surface area contributed by atoms with Crippen molar-refractivity contribution < 1.29 is 14.3 Å². The maximum absolute atomic E-state index is 12.8. The van der Waals surface area contributed by atoms with Gasteiger partial charge >= 0.3 is 0 Å². The number of ether oxygens (including phenoxy) is 1. The molecule has 1 unspecified atom stereocenters. The smallest absolute Gasteiger partial charge is 0.227 e. The average molecular weight is 500 g/mol. The van der Waals surface area contributed by atoms with E-state index in [-0.39, 0.29) is 18.2 Å². The van der Waals surface area contributed by atoms with E-state index < -0.39 is 5.92 Å². The zero-order valence-electron chi connectivity index (χ0n) is 20.6. The Bertz CT molecular complexity index is 1390. The molecule has 10 heteroatoms. The van der Waals surface area contributed by atoms with Crippen LogP contribution in [-0.4, -0.2) is 58.3 Å². The highest BCUT2D eigenvalue weighted by molar-refractivity contribution is 6.00. The first-order chi connectivity index (χ1) is 18.1. The molecule has 1 fully saturated rings. The highest BCUT2D eigenvalue weighted by Crippen LogP contribution is 2.28. The van der Waals surface area contributed by atoms with Gasteiger partial charge in [0.15, 0.2) is 5.65 Å². The number of nitrogens with one attached hydrogen (secondary N) is 2. The van der Waals surface area contributed by atoms with Gasteiger partial charge < -0.3 is 20.3 Å². The molecule has 0 aliphatic carbocycles. The summed E-state index contributed by atoms with van der Waals surface area (Å²) < 4.78 is 7.00.